The van der Waals surface area contributed by atoms with Crippen molar-refractivity contribution in [1.82, 2.24) is 10.2 Å². The van der Waals surface area contributed by atoms with Crippen LogP contribution in [0.25, 0.3) is 0 Å². The lowest BCUT2D eigenvalue weighted by Crippen LogP contribution is -2.45. The molecule has 0 aliphatic carbocycles. The quantitative estimate of drug-likeness (QED) is 0.677. The Balaban J connectivity index is 0.00000312. The number of nitrogens with zero attached hydrogens (tertiary/aromatic N) is 1. The summed E-state index contributed by atoms with van der Waals surface area (Å²) in [5.41, 5.74) is -1.40. The zero-order valence-electron chi connectivity index (χ0n) is 13.5. The number of piperazine rings is 1. The topological polar surface area (TPSA) is 15.3 Å². The summed E-state index contributed by atoms with van der Waals surface area (Å²) < 4.78 is 90.3. The molecule has 1 heterocycles. The van der Waals surface area contributed by atoms with Crippen molar-refractivity contribution >= 4 is 24.8 Å². The third-order valence-electron chi connectivity index (χ3n) is 3.98. The molecule has 1 aromatic rings. The van der Waals surface area contributed by atoms with Crippen LogP contribution in [0.4, 0.5) is 30.7 Å². The average Bonchev–Trinajstić information content (AvgIpc) is 2.48. The van der Waals surface area contributed by atoms with Gasteiger partial charge in [0.2, 0.25) is 0 Å². The third kappa shape index (κ3) is 7.09. The van der Waals surface area contributed by atoms with E-state index in [0.717, 1.165) is 0 Å². The van der Waals surface area contributed by atoms with Crippen molar-refractivity contribution in [2.24, 2.45) is 0 Å². The Kier molecular flexibility index (Phi) is 9.67. The molecule has 152 valence electrons. The summed E-state index contributed by atoms with van der Waals surface area (Å²) in [6, 6.07) is 0.840. The van der Waals surface area contributed by atoms with Crippen molar-refractivity contribution in [1.29, 1.82) is 0 Å². The van der Waals surface area contributed by atoms with Gasteiger partial charge in [0.15, 0.2) is 0 Å². The van der Waals surface area contributed by atoms with Crippen LogP contribution in [0.5, 0.6) is 0 Å². The summed E-state index contributed by atoms with van der Waals surface area (Å²) in [7, 11) is 0. The molecule has 1 aliphatic rings. The first-order valence-electron chi connectivity index (χ1n) is 7.46. The van der Waals surface area contributed by atoms with Crippen molar-refractivity contribution in [2.75, 3.05) is 26.2 Å². The second kappa shape index (κ2) is 9.96. The average molecular weight is 431 g/mol. The lowest BCUT2D eigenvalue weighted by Gasteiger charge is -2.35. The molecule has 1 N–H and O–H groups in total. The lowest BCUT2D eigenvalue weighted by atomic mass is 9.96. The van der Waals surface area contributed by atoms with Crippen LogP contribution in [0.3, 0.4) is 0 Å². The lowest BCUT2D eigenvalue weighted by molar-refractivity contribution is -0.140. The van der Waals surface area contributed by atoms with Gasteiger partial charge in [-0.25, -0.2) is 4.39 Å². The van der Waals surface area contributed by atoms with Crippen LogP contribution in [-0.2, 0) is 6.18 Å². The Morgan fingerprint density at radius 3 is 2.08 bits per heavy atom. The van der Waals surface area contributed by atoms with E-state index in [1.165, 1.54) is 0 Å². The molecule has 2 nitrogen and oxygen atoms in total. The van der Waals surface area contributed by atoms with E-state index in [9.17, 15) is 30.7 Å². The molecule has 0 unspecified atom stereocenters. The number of benzene rings is 1. The summed E-state index contributed by atoms with van der Waals surface area (Å²) in [4.78, 5) is 1.60. The number of alkyl halides is 6. The number of hydrogen-bond donors (Lipinski definition) is 1. The Morgan fingerprint density at radius 1 is 1.00 bits per heavy atom. The molecular weight excluding hydrogens is 412 g/mol. The van der Waals surface area contributed by atoms with Crippen molar-refractivity contribution in [3.63, 3.8) is 0 Å². The van der Waals surface area contributed by atoms with Gasteiger partial charge in [-0.2, -0.15) is 26.3 Å². The highest BCUT2D eigenvalue weighted by Crippen LogP contribution is 2.36. The number of halogens is 9. The molecule has 0 spiro atoms. The minimum absolute atomic E-state index is 0. The highest BCUT2D eigenvalue weighted by atomic mass is 35.5. The maximum atomic E-state index is 14.1. The van der Waals surface area contributed by atoms with Crippen molar-refractivity contribution in [3.05, 3.63) is 35.1 Å². The maximum absolute atomic E-state index is 14.1. The third-order valence-corrected chi connectivity index (χ3v) is 3.98. The first-order valence-corrected chi connectivity index (χ1v) is 7.46. The van der Waals surface area contributed by atoms with E-state index in [1.807, 2.05) is 0 Å². The molecule has 11 heteroatoms. The van der Waals surface area contributed by atoms with Crippen molar-refractivity contribution < 1.29 is 30.7 Å². The summed E-state index contributed by atoms with van der Waals surface area (Å²) >= 11 is 0. The maximum Gasteiger partial charge on any atom is 0.416 e. The van der Waals surface area contributed by atoms with E-state index in [1.54, 1.807) is 4.90 Å². The summed E-state index contributed by atoms with van der Waals surface area (Å²) in [6.07, 6.45) is -10.8. The number of rotatable bonds is 4. The van der Waals surface area contributed by atoms with Crippen LogP contribution in [0.1, 0.15) is 30.0 Å². The molecule has 1 fully saturated rings. The van der Waals surface area contributed by atoms with E-state index < -0.39 is 42.6 Å². The molecule has 0 bridgehead atoms. The van der Waals surface area contributed by atoms with Crippen LogP contribution >= 0.6 is 24.8 Å². The first kappa shape index (κ1) is 25.2. The van der Waals surface area contributed by atoms with Gasteiger partial charge in [-0.1, -0.05) is 0 Å². The van der Waals surface area contributed by atoms with Crippen LogP contribution < -0.4 is 5.32 Å². The second-order valence-electron chi connectivity index (χ2n) is 5.69. The monoisotopic (exact) mass is 430 g/mol. The SMILES string of the molecule is Cl.Cl.Fc1ccc(C(F)(F)F)cc1[C@H](CCC(F)(F)F)N1CCNCC1. The minimum atomic E-state index is -4.68. The smallest absolute Gasteiger partial charge is 0.314 e. The molecule has 1 aliphatic heterocycles. The van der Waals surface area contributed by atoms with Gasteiger partial charge in [0, 0.05) is 44.2 Å². The summed E-state index contributed by atoms with van der Waals surface area (Å²) in [5.74, 6) is -0.922. The molecule has 0 aromatic heterocycles. The highest BCUT2D eigenvalue weighted by Gasteiger charge is 2.35. The predicted octanol–water partition coefficient (Wildman–Crippen LogP) is 4.98. The molecule has 0 radical (unpaired) electrons. The fourth-order valence-corrected chi connectivity index (χ4v) is 2.80. The zero-order valence-corrected chi connectivity index (χ0v) is 15.1. The number of nitrogens with one attached hydrogen (secondary N) is 1. The van der Waals surface area contributed by atoms with Crippen LogP contribution in [-0.4, -0.2) is 37.3 Å². The summed E-state index contributed by atoms with van der Waals surface area (Å²) in [5, 5.41) is 3.01. The van der Waals surface area contributed by atoms with Gasteiger partial charge in [-0.15, -0.1) is 24.8 Å². The molecule has 26 heavy (non-hydrogen) atoms. The second-order valence-corrected chi connectivity index (χ2v) is 5.69. The van der Waals surface area contributed by atoms with E-state index >= 15 is 0 Å². The fraction of sp³-hybridized carbons (Fsp3) is 0.600. The van der Waals surface area contributed by atoms with Crippen molar-refractivity contribution in [2.45, 2.75) is 31.2 Å². The number of hydrogen-bond acceptors (Lipinski definition) is 2. The zero-order chi connectivity index (χ0) is 18.0. The van der Waals surface area contributed by atoms with Gasteiger partial charge < -0.3 is 5.32 Å². The molecule has 2 rings (SSSR count). The molecule has 1 saturated heterocycles. The van der Waals surface area contributed by atoms with E-state index in [4.69, 9.17) is 0 Å². The Morgan fingerprint density at radius 2 is 1.58 bits per heavy atom. The van der Waals surface area contributed by atoms with Gasteiger partial charge >= 0.3 is 12.4 Å². The normalized spacial score (nSPS) is 17.2. The first-order chi connectivity index (χ1) is 11.1. The molecule has 1 aromatic carbocycles. The van der Waals surface area contributed by atoms with Gasteiger partial charge in [-0.05, 0) is 24.6 Å². The van der Waals surface area contributed by atoms with E-state index in [-0.39, 0.29) is 30.4 Å². The Labute approximate surface area is 158 Å². The molecule has 0 saturated carbocycles. The van der Waals surface area contributed by atoms with Gasteiger partial charge in [-0.3, -0.25) is 4.90 Å². The Hall–Kier alpha value is -0.770. The fourth-order valence-electron chi connectivity index (χ4n) is 2.80. The van der Waals surface area contributed by atoms with Crippen LogP contribution in [0.2, 0.25) is 0 Å². The summed E-state index contributed by atoms with van der Waals surface area (Å²) in [6.45, 7) is 1.67. The highest BCUT2D eigenvalue weighted by molar-refractivity contribution is 5.85. The van der Waals surface area contributed by atoms with E-state index in [2.05, 4.69) is 5.32 Å². The van der Waals surface area contributed by atoms with Gasteiger partial charge in [0.1, 0.15) is 5.82 Å². The predicted molar refractivity (Wildman–Crippen MR) is 88.4 cm³/mol. The van der Waals surface area contributed by atoms with E-state index in [0.29, 0.717) is 44.4 Å². The molecular formula is C15H19Cl2F7N2. The Bertz CT molecular complexity index is 558. The van der Waals surface area contributed by atoms with Crippen LogP contribution in [0.15, 0.2) is 18.2 Å². The van der Waals surface area contributed by atoms with Gasteiger partial charge in [0.05, 0.1) is 5.56 Å². The van der Waals surface area contributed by atoms with Crippen LogP contribution in [0, 0.1) is 5.82 Å². The standard InChI is InChI=1S/C15H17F7N2.2ClH/c16-12-2-1-10(15(20,21)22)9-11(12)13(3-4-14(17,18)19)24-7-5-23-6-8-24;;/h1-2,9,13,23H,3-8H2;2*1H/t13-;;/m0../s1. The minimum Gasteiger partial charge on any atom is -0.314 e. The molecule has 0 amide bonds. The van der Waals surface area contributed by atoms with Gasteiger partial charge in [0.25, 0.3) is 0 Å². The largest absolute Gasteiger partial charge is 0.416 e. The van der Waals surface area contributed by atoms with Crippen molar-refractivity contribution in [3.8, 4) is 0 Å². The molecule has 1 atom stereocenters.